The number of carbonyl (C=O) groups is 3. The van der Waals surface area contributed by atoms with Crippen molar-refractivity contribution < 1.29 is 14.4 Å². The smallest absolute Gasteiger partial charge is 0.233 e. The molecule has 2 aromatic rings. The molecule has 3 amide bonds. The van der Waals surface area contributed by atoms with Crippen LogP contribution in [0.4, 0.5) is 17.1 Å². The standard InChI is InChI=1S/C17H15Cl2N3O3/c1-10(23)20-11-5-7-12(8-6-11)21-15(24)9-16(25)22-17-13(18)3-2-4-14(17)19/h2-8H,9H2,1H3,(H,20,23)(H,21,24)(H,22,25). The number of carbonyl (C=O) groups excluding carboxylic acids is 3. The van der Waals surface area contributed by atoms with Crippen LogP contribution in [0.25, 0.3) is 0 Å². The van der Waals surface area contributed by atoms with Gasteiger partial charge >= 0.3 is 0 Å². The Labute approximate surface area is 154 Å². The molecular formula is C17H15Cl2N3O3. The van der Waals surface area contributed by atoms with Gasteiger partial charge in [-0.1, -0.05) is 29.3 Å². The summed E-state index contributed by atoms with van der Waals surface area (Å²) >= 11 is 11.9. The van der Waals surface area contributed by atoms with E-state index in [9.17, 15) is 14.4 Å². The fourth-order valence-electron chi connectivity index (χ4n) is 1.99. The first-order valence-corrected chi connectivity index (χ1v) is 8.02. The molecule has 0 spiro atoms. The second-order valence-corrected chi connectivity index (χ2v) is 5.94. The number of halogens is 2. The molecule has 6 nitrogen and oxygen atoms in total. The molecule has 25 heavy (non-hydrogen) atoms. The largest absolute Gasteiger partial charge is 0.326 e. The van der Waals surface area contributed by atoms with Gasteiger partial charge < -0.3 is 16.0 Å². The number of benzene rings is 2. The van der Waals surface area contributed by atoms with Crippen molar-refractivity contribution >= 4 is 58.0 Å². The molecule has 0 heterocycles. The summed E-state index contributed by atoms with van der Waals surface area (Å²) in [7, 11) is 0. The molecule has 0 aromatic heterocycles. The summed E-state index contributed by atoms with van der Waals surface area (Å²) in [5, 5.41) is 8.29. The van der Waals surface area contributed by atoms with E-state index in [0.717, 1.165) is 0 Å². The molecule has 0 saturated heterocycles. The van der Waals surface area contributed by atoms with Gasteiger partial charge in [-0.3, -0.25) is 14.4 Å². The van der Waals surface area contributed by atoms with Crippen LogP contribution in [0.15, 0.2) is 42.5 Å². The first kappa shape index (κ1) is 18.8. The van der Waals surface area contributed by atoms with Crippen LogP contribution in [0.2, 0.25) is 10.0 Å². The topological polar surface area (TPSA) is 87.3 Å². The molecule has 0 fully saturated rings. The summed E-state index contributed by atoms with van der Waals surface area (Å²) in [5.41, 5.74) is 1.38. The van der Waals surface area contributed by atoms with E-state index < -0.39 is 18.2 Å². The maximum absolute atomic E-state index is 12.0. The van der Waals surface area contributed by atoms with E-state index >= 15 is 0 Å². The Bertz CT molecular complexity index is 787. The molecule has 0 bridgehead atoms. The van der Waals surface area contributed by atoms with Crippen LogP contribution in [0, 0.1) is 0 Å². The Morgan fingerprint density at radius 1 is 0.800 bits per heavy atom. The van der Waals surface area contributed by atoms with Gasteiger partial charge in [-0.05, 0) is 36.4 Å². The van der Waals surface area contributed by atoms with Crippen LogP contribution in [0.3, 0.4) is 0 Å². The number of anilines is 3. The van der Waals surface area contributed by atoms with Crippen molar-refractivity contribution in [2.75, 3.05) is 16.0 Å². The summed E-state index contributed by atoms with van der Waals surface area (Å²) in [6, 6.07) is 11.3. The number of nitrogens with one attached hydrogen (secondary N) is 3. The predicted molar refractivity (Wildman–Crippen MR) is 99.1 cm³/mol. The van der Waals surface area contributed by atoms with Crippen LogP contribution in [-0.4, -0.2) is 17.7 Å². The molecule has 3 N–H and O–H groups in total. The van der Waals surface area contributed by atoms with Crippen LogP contribution < -0.4 is 16.0 Å². The molecule has 0 saturated carbocycles. The van der Waals surface area contributed by atoms with Gasteiger partial charge in [-0.25, -0.2) is 0 Å². The highest BCUT2D eigenvalue weighted by Gasteiger charge is 2.13. The lowest BCUT2D eigenvalue weighted by Crippen LogP contribution is -2.21. The first-order valence-electron chi connectivity index (χ1n) is 7.26. The molecule has 0 atom stereocenters. The molecule has 0 unspecified atom stereocenters. The Kier molecular flexibility index (Phi) is 6.38. The monoisotopic (exact) mass is 379 g/mol. The van der Waals surface area contributed by atoms with Gasteiger partial charge in [0, 0.05) is 18.3 Å². The van der Waals surface area contributed by atoms with Crippen molar-refractivity contribution in [2.24, 2.45) is 0 Å². The second kappa shape index (κ2) is 8.50. The normalized spacial score (nSPS) is 10.0. The molecule has 130 valence electrons. The van der Waals surface area contributed by atoms with Gasteiger partial charge in [0.15, 0.2) is 0 Å². The summed E-state index contributed by atoms with van der Waals surface area (Å²) in [5.74, 6) is -1.22. The SMILES string of the molecule is CC(=O)Nc1ccc(NC(=O)CC(=O)Nc2c(Cl)cccc2Cl)cc1. The van der Waals surface area contributed by atoms with Crippen molar-refractivity contribution in [1.29, 1.82) is 0 Å². The summed E-state index contributed by atoms with van der Waals surface area (Å²) in [4.78, 5) is 34.8. The van der Waals surface area contributed by atoms with E-state index in [0.29, 0.717) is 11.4 Å². The van der Waals surface area contributed by atoms with E-state index in [1.807, 2.05) is 0 Å². The van der Waals surface area contributed by atoms with Gasteiger partial charge in [0.25, 0.3) is 0 Å². The van der Waals surface area contributed by atoms with Gasteiger partial charge in [0.05, 0.1) is 15.7 Å². The summed E-state index contributed by atoms with van der Waals surface area (Å²) < 4.78 is 0. The summed E-state index contributed by atoms with van der Waals surface area (Å²) in [6.45, 7) is 1.40. The third-order valence-corrected chi connectivity index (χ3v) is 3.67. The minimum Gasteiger partial charge on any atom is -0.326 e. The minimum absolute atomic E-state index is 0.188. The molecule has 2 aromatic carbocycles. The number of amides is 3. The zero-order chi connectivity index (χ0) is 18.4. The maximum atomic E-state index is 12.0. The lowest BCUT2D eigenvalue weighted by molar-refractivity contribution is -0.123. The average Bonchev–Trinajstić information content (AvgIpc) is 2.52. The molecule has 0 radical (unpaired) electrons. The molecule has 0 aliphatic heterocycles. The van der Waals surface area contributed by atoms with Gasteiger partial charge in [-0.15, -0.1) is 0 Å². The molecule has 2 rings (SSSR count). The maximum Gasteiger partial charge on any atom is 0.233 e. The lowest BCUT2D eigenvalue weighted by atomic mass is 10.2. The third-order valence-electron chi connectivity index (χ3n) is 3.04. The highest BCUT2D eigenvalue weighted by Crippen LogP contribution is 2.29. The van der Waals surface area contributed by atoms with Crippen molar-refractivity contribution in [2.45, 2.75) is 13.3 Å². The number of hydrogen-bond acceptors (Lipinski definition) is 3. The van der Waals surface area contributed by atoms with Crippen molar-refractivity contribution in [1.82, 2.24) is 0 Å². The number of hydrogen-bond donors (Lipinski definition) is 3. The highest BCUT2D eigenvalue weighted by molar-refractivity contribution is 6.39. The third kappa shape index (κ3) is 5.77. The summed E-state index contributed by atoms with van der Waals surface area (Å²) in [6.07, 6.45) is -0.394. The van der Waals surface area contributed by atoms with E-state index in [2.05, 4.69) is 16.0 Å². The molecule has 8 heteroatoms. The Morgan fingerprint density at radius 2 is 1.28 bits per heavy atom. The quantitative estimate of drug-likeness (QED) is 0.687. The Morgan fingerprint density at radius 3 is 1.80 bits per heavy atom. The number of rotatable bonds is 5. The van der Waals surface area contributed by atoms with Gasteiger partial charge in [0.1, 0.15) is 6.42 Å². The van der Waals surface area contributed by atoms with Crippen LogP contribution in [-0.2, 0) is 14.4 Å². The van der Waals surface area contributed by atoms with Crippen molar-refractivity contribution in [3.8, 4) is 0 Å². The Balaban J connectivity index is 1.91. The van der Waals surface area contributed by atoms with E-state index in [4.69, 9.17) is 23.2 Å². The van der Waals surface area contributed by atoms with E-state index in [-0.39, 0.29) is 21.6 Å². The van der Waals surface area contributed by atoms with Crippen LogP contribution >= 0.6 is 23.2 Å². The second-order valence-electron chi connectivity index (χ2n) is 5.13. The van der Waals surface area contributed by atoms with Crippen molar-refractivity contribution in [3.05, 3.63) is 52.5 Å². The average molecular weight is 380 g/mol. The minimum atomic E-state index is -0.539. The predicted octanol–water partition coefficient (Wildman–Crippen LogP) is 3.92. The number of para-hydroxylation sites is 1. The molecular weight excluding hydrogens is 365 g/mol. The van der Waals surface area contributed by atoms with Gasteiger partial charge in [-0.2, -0.15) is 0 Å². The van der Waals surface area contributed by atoms with Crippen LogP contribution in [0.1, 0.15) is 13.3 Å². The van der Waals surface area contributed by atoms with Gasteiger partial charge in [0.2, 0.25) is 17.7 Å². The van der Waals surface area contributed by atoms with Crippen molar-refractivity contribution in [3.63, 3.8) is 0 Å². The van der Waals surface area contributed by atoms with Crippen LogP contribution in [0.5, 0.6) is 0 Å². The van der Waals surface area contributed by atoms with E-state index in [1.54, 1.807) is 42.5 Å². The molecule has 0 aliphatic rings. The van der Waals surface area contributed by atoms with E-state index in [1.165, 1.54) is 6.92 Å². The highest BCUT2D eigenvalue weighted by atomic mass is 35.5. The zero-order valence-corrected chi connectivity index (χ0v) is 14.7. The molecule has 0 aliphatic carbocycles. The Hall–Kier alpha value is -2.57. The first-order chi connectivity index (χ1) is 11.8. The zero-order valence-electron chi connectivity index (χ0n) is 13.2. The fourth-order valence-corrected chi connectivity index (χ4v) is 2.48. The lowest BCUT2D eigenvalue weighted by Gasteiger charge is -2.10. The fraction of sp³-hybridized carbons (Fsp3) is 0.118.